The fraction of sp³-hybridized carbons (Fsp3) is 0.474. The van der Waals surface area contributed by atoms with Crippen LogP contribution in [0.5, 0.6) is 5.75 Å². The molecule has 1 fully saturated rings. The highest BCUT2D eigenvalue weighted by atomic mass is 16.5. The molecule has 0 aliphatic carbocycles. The van der Waals surface area contributed by atoms with Crippen LogP contribution in [-0.2, 0) is 4.79 Å². The highest BCUT2D eigenvalue weighted by Crippen LogP contribution is 2.39. The Hall–Kier alpha value is -2.38. The molecule has 3 atom stereocenters. The molecule has 4 rings (SSSR count). The Balaban J connectivity index is 1.54. The Bertz CT molecular complexity index is 844. The van der Waals surface area contributed by atoms with E-state index in [4.69, 9.17) is 4.74 Å². The van der Waals surface area contributed by atoms with Crippen molar-refractivity contribution in [3.63, 3.8) is 0 Å². The van der Waals surface area contributed by atoms with Crippen molar-refractivity contribution in [3.8, 4) is 5.75 Å². The second kappa shape index (κ2) is 6.41. The number of aromatic nitrogens is 2. The minimum Gasteiger partial charge on any atom is -0.493 e. The van der Waals surface area contributed by atoms with Crippen molar-refractivity contribution in [1.29, 1.82) is 0 Å². The lowest BCUT2D eigenvalue weighted by Crippen LogP contribution is -2.43. The van der Waals surface area contributed by atoms with E-state index in [0.717, 1.165) is 28.4 Å². The van der Waals surface area contributed by atoms with Gasteiger partial charge in [0.1, 0.15) is 11.8 Å². The fourth-order valence-corrected chi connectivity index (χ4v) is 3.95. The zero-order chi connectivity index (χ0) is 18.4. The maximum atomic E-state index is 13.0. The molecule has 3 unspecified atom stereocenters. The lowest BCUT2D eigenvalue weighted by molar-refractivity contribution is -0.119. The summed E-state index contributed by atoms with van der Waals surface area (Å²) in [6.45, 7) is 8.57. The average molecular weight is 355 g/mol. The van der Waals surface area contributed by atoms with Crippen molar-refractivity contribution in [1.82, 2.24) is 20.6 Å². The van der Waals surface area contributed by atoms with Crippen LogP contribution >= 0.6 is 0 Å². The zero-order valence-electron chi connectivity index (χ0n) is 15.5. The van der Waals surface area contributed by atoms with Crippen LogP contribution in [0.4, 0.5) is 5.69 Å². The van der Waals surface area contributed by atoms with Crippen LogP contribution in [0, 0.1) is 19.8 Å². The van der Waals surface area contributed by atoms with Crippen LogP contribution in [0.2, 0.25) is 0 Å². The summed E-state index contributed by atoms with van der Waals surface area (Å²) in [5.74, 6) is 0.849. The molecule has 1 aromatic carbocycles. The molecule has 26 heavy (non-hydrogen) atoms. The van der Waals surface area contributed by atoms with Crippen LogP contribution in [-0.4, -0.2) is 28.3 Å². The van der Waals surface area contributed by atoms with Gasteiger partial charge in [-0.05, 0) is 33.8 Å². The van der Waals surface area contributed by atoms with E-state index in [-0.39, 0.29) is 30.0 Å². The smallest absolute Gasteiger partial charge is 0.243 e. The van der Waals surface area contributed by atoms with E-state index in [0.29, 0.717) is 6.61 Å². The van der Waals surface area contributed by atoms with Crippen molar-refractivity contribution >= 4 is 11.6 Å². The molecule has 2 aliphatic rings. The van der Waals surface area contributed by atoms with Crippen LogP contribution in [0.25, 0.3) is 0 Å². The first kappa shape index (κ1) is 17.1. The molecule has 0 bridgehead atoms. The van der Waals surface area contributed by atoms with E-state index >= 15 is 0 Å². The van der Waals surface area contributed by atoms with Gasteiger partial charge in [-0.1, -0.05) is 18.2 Å². The Morgan fingerprint density at radius 3 is 2.81 bits per heavy atom. The van der Waals surface area contributed by atoms with Crippen molar-refractivity contribution in [2.24, 2.45) is 5.92 Å². The second-order valence-electron chi connectivity index (χ2n) is 7.33. The first-order valence-corrected chi connectivity index (χ1v) is 9.06. The average Bonchev–Trinajstić information content (AvgIpc) is 3.18. The molecule has 1 saturated heterocycles. The van der Waals surface area contributed by atoms with Crippen molar-refractivity contribution in [2.45, 2.75) is 45.8 Å². The predicted molar refractivity (Wildman–Crippen MR) is 98.9 cm³/mol. The third-order valence-electron chi connectivity index (χ3n) is 5.28. The molecule has 2 aliphatic heterocycles. The molecule has 1 amide bonds. The summed E-state index contributed by atoms with van der Waals surface area (Å²) in [5.41, 5.74) is 10.1. The summed E-state index contributed by atoms with van der Waals surface area (Å²) >= 11 is 0. The van der Waals surface area contributed by atoms with Gasteiger partial charge in [-0.3, -0.25) is 9.48 Å². The highest BCUT2D eigenvalue weighted by molar-refractivity contribution is 5.96. The van der Waals surface area contributed by atoms with Gasteiger partial charge in [0.2, 0.25) is 5.91 Å². The van der Waals surface area contributed by atoms with Gasteiger partial charge in [-0.15, -0.1) is 0 Å². The van der Waals surface area contributed by atoms with Crippen molar-refractivity contribution in [3.05, 3.63) is 41.2 Å². The van der Waals surface area contributed by atoms with E-state index in [1.165, 1.54) is 0 Å². The molecule has 7 heteroatoms. The van der Waals surface area contributed by atoms with E-state index in [2.05, 4.69) is 35.1 Å². The number of carbonyl (C=O) groups excluding carboxylic acids is 1. The minimum absolute atomic E-state index is 0.0330. The third kappa shape index (κ3) is 2.68. The number of nitrogens with zero attached hydrogens (tertiary/aromatic N) is 2. The first-order chi connectivity index (χ1) is 12.5. The summed E-state index contributed by atoms with van der Waals surface area (Å²) in [6, 6.07) is 7.91. The monoisotopic (exact) mass is 355 g/mol. The Kier molecular flexibility index (Phi) is 4.20. The molecule has 2 aromatic rings. The fourth-order valence-electron chi connectivity index (χ4n) is 3.95. The number of para-hydroxylation sites is 1. The van der Waals surface area contributed by atoms with Crippen molar-refractivity contribution < 1.29 is 9.53 Å². The van der Waals surface area contributed by atoms with Crippen LogP contribution in [0.15, 0.2) is 24.3 Å². The predicted octanol–water partition coefficient (Wildman–Crippen LogP) is 2.25. The molecule has 0 spiro atoms. The molecular weight excluding hydrogens is 330 g/mol. The van der Waals surface area contributed by atoms with Gasteiger partial charge >= 0.3 is 0 Å². The van der Waals surface area contributed by atoms with Gasteiger partial charge < -0.3 is 10.1 Å². The molecule has 3 N–H and O–H groups in total. The van der Waals surface area contributed by atoms with E-state index in [9.17, 15) is 4.79 Å². The number of benzene rings is 1. The number of hydrogen-bond donors (Lipinski definition) is 3. The van der Waals surface area contributed by atoms with Crippen LogP contribution < -0.4 is 20.9 Å². The van der Waals surface area contributed by atoms with Gasteiger partial charge in [0, 0.05) is 17.5 Å². The zero-order valence-corrected chi connectivity index (χ0v) is 15.5. The summed E-state index contributed by atoms with van der Waals surface area (Å²) in [5, 5.41) is 7.61. The SMILES string of the molecule is Cc1nn(C(C)C)c(C)c1NC(=O)C1NNC2c3ccccc3OCC12. The number of anilines is 1. The van der Waals surface area contributed by atoms with Gasteiger partial charge in [0.05, 0.1) is 29.7 Å². The summed E-state index contributed by atoms with van der Waals surface area (Å²) in [7, 11) is 0. The van der Waals surface area contributed by atoms with Gasteiger partial charge in [-0.2, -0.15) is 5.10 Å². The summed E-state index contributed by atoms with van der Waals surface area (Å²) in [4.78, 5) is 13.0. The molecule has 1 aromatic heterocycles. The standard InChI is InChI=1S/C19H25N5O2/c1-10(2)24-12(4)16(11(3)23-24)20-19(25)18-14-9-26-15-8-6-5-7-13(15)17(14)21-22-18/h5-8,10,14,17-18,21-22H,9H2,1-4H3,(H,20,25). The lowest BCUT2D eigenvalue weighted by Gasteiger charge is -2.29. The van der Waals surface area contributed by atoms with Gasteiger partial charge in [-0.25, -0.2) is 10.9 Å². The molecule has 0 saturated carbocycles. The highest BCUT2D eigenvalue weighted by Gasteiger charge is 2.44. The Morgan fingerprint density at radius 1 is 1.31 bits per heavy atom. The van der Waals surface area contributed by atoms with Crippen molar-refractivity contribution in [2.75, 3.05) is 11.9 Å². The van der Waals surface area contributed by atoms with E-state index in [1.54, 1.807) is 0 Å². The normalized spacial score (nSPS) is 24.1. The Labute approximate surface area is 153 Å². The number of carbonyl (C=O) groups is 1. The number of hydrogen-bond acceptors (Lipinski definition) is 5. The lowest BCUT2D eigenvalue weighted by atomic mass is 9.87. The number of hydrazine groups is 1. The minimum atomic E-state index is -0.366. The quantitative estimate of drug-likeness (QED) is 0.787. The van der Waals surface area contributed by atoms with Gasteiger partial charge in [0.15, 0.2) is 0 Å². The molecular formula is C19H25N5O2. The number of amides is 1. The molecule has 138 valence electrons. The van der Waals surface area contributed by atoms with Crippen LogP contribution in [0.1, 0.15) is 42.9 Å². The third-order valence-corrected chi connectivity index (χ3v) is 5.28. The first-order valence-electron chi connectivity index (χ1n) is 9.06. The summed E-state index contributed by atoms with van der Waals surface area (Å²) in [6.07, 6.45) is 0. The van der Waals surface area contributed by atoms with Gasteiger partial charge in [0.25, 0.3) is 0 Å². The summed E-state index contributed by atoms with van der Waals surface area (Å²) < 4.78 is 7.81. The number of fused-ring (bicyclic) bond motifs is 3. The second-order valence-corrected chi connectivity index (χ2v) is 7.33. The largest absolute Gasteiger partial charge is 0.493 e. The van der Waals surface area contributed by atoms with E-state index in [1.807, 2.05) is 42.8 Å². The number of aryl methyl sites for hydroxylation is 1. The Morgan fingerprint density at radius 2 is 2.08 bits per heavy atom. The molecule has 0 radical (unpaired) electrons. The maximum Gasteiger partial charge on any atom is 0.243 e. The van der Waals surface area contributed by atoms with E-state index < -0.39 is 0 Å². The molecule has 3 heterocycles. The topological polar surface area (TPSA) is 80.2 Å². The number of rotatable bonds is 3. The van der Waals surface area contributed by atoms with Crippen LogP contribution in [0.3, 0.4) is 0 Å². The maximum absolute atomic E-state index is 13.0. The molecule has 7 nitrogen and oxygen atoms in total. The number of ether oxygens (including phenoxy) is 1. The number of nitrogens with one attached hydrogen (secondary N) is 3.